The van der Waals surface area contributed by atoms with Gasteiger partial charge in [0.25, 0.3) is 8.40 Å². The van der Waals surface area contributed by atoms with Crippen LogP contribution in [0, 0.1) is 27.7 Å². The third-order valence-electron chi connectivity index (χ3n) is 5.75. The van der Waals surface area contributed by atoms with E-state index in [1.165, 1.54) is 45.7 Å². The van der Waals surface area contributed by atoms with Gasteiger partial charge >= 0.3 is 0 Å². The highest BCUT2D eigenvalue weighted by Crippen LogP contribution is 2.42. The first-order valence-electron chi connectivity index (χ1n) is 9.35. The molecule has 132 valence electrons. The van der Waals surface area contributed by atoms with Crippen molar-refractivity contribution in [3.63, 3.8) is 0 Å². The molecule has 3 rings (SSSR count). The van der Waals surface area contributed by atoms with Crippen molar-refractivity contribution >= 4 is 19.8 Å². The molecule has 0 aromatic heterocycles. The fourth-order valence-corrected chi connectivity index (χ4v) is 8.72. The first kappa shape index (κ1) is 17.8. The van der Waals surface area contributed by atoms with E-state index in [-0.39, 0.29) is 0 Å². The van der Waals surface area contributed by atoms with Gasteiger partial charge in [0.15, 0.2) is 0 Å². The summed E-state index contributed by atoms with van der Waals surface area (Å²) in [5, 5.41) is 0. The summed E-state index contributed by atoms with van der Waals surface area (Å²) in [7, 11) is -1.89. The van der Waals surface area contributed by atoms with Crippen LogP contribution in [0.25, 0.3) is 0 Å². The zero-order chi connectivity index (χ0) is 18.2. The number of anilines is 2. The fraction of sp³-hybridized carbons (Fsp3) is 0.364. The summed E-state index contributed by atoms with van der Waals surface area (Å²) in [6, 6.07) is 15.7. The Morgan fingerprint density at radius 3 is 1.24 bits per heavy atom. The summed E-state index contributed by atoms with van der Waals surface area (Å²) in [5.74, 6) is 0. The molecule has 0 saturated carbocycles. The van der Waals surface area contributed by atoms with Crippen LogP contribution in [0.1, 0.15) is 36.1 Å². The van der Waals surface area contributed by atoms with Gasteiger partial charge in [-0.25, -0.2) is 0 Å². The van der Waals surface area contributed by atoms with Crippen LogP contribution < -0.4 is 9.13 Å². The highest BCUT2D eigenvalue weighted by atomic mass is 28.3. The van der Waals surface area contributed by atoms with Gasteiger partial charge in [0, 0.05) is 23.8 Å². The van der Waals surface area contributed by atoms with Crippen molar-refractivity contribution in [1.29, 1.82) is 0 Å². The number of para-hydroxylation sites is 2. The number of hydrogen-bond acceptors (Lipinski definition) is 2. The second-order valence-electron chi connectivity index (χ2n) is 7.21. The molecule has 2 nitrogen and oxygen atoms in total. The second-order valence-corrected chi connectivity index (χ2v) is 11.6. The number of nitrogens with zero attached hydrogens (tertiary/aromatic N) is 2. The van der Waals surface area contributed by atoms with E-state index in [0.29, 0.717) is 0 Å². The highest BCUT2D eigenvalue weighted by molar-refractivity contribution is 6.88. The average Bonchev–Trinajstić information content (AvgIpc) is 2.94. The highest BCUT2D eigenvalue weighted by Gasteiger charge is 2.47. The van der Waals surface area contributed by atoms with E-state index in [9.17, 15) is 0 Å². The monoisotopic (exact) mass is 350 g/mol. The van der Waals surface area contributed by atoms with Gasteiger partial charge in [0.2, 0.25) is 0 Å². The van der Waals surface area contributed by atoms with Crippen molar-refractivity contribution in [2.24, 2.45) is 0 Å². The summed E-state index contributed by atoms with van der Waals surface area (Å²) in [6.45, 7) is 13.7. The van der Waals surface area contributed by atoms with Gasteiger partial charge in [0.1, 0.15) is 0 Å². The topological polar surface area (TPSA) is 6.48 Å². The lowest BCUT2D eigenvalue weighted by Crippen LogP contribution is -2.59. The van der Waals surface area contributed by atoms with Gasteiger partial charge in [-0.15, -0.1) is 0 Å². The van der Waals surface area contributed by atoms with Crippen LogP contribution in [0.4, 0.5) is 11.4 Å². The molecule has 0 fully saturated rings. The van der Waals surface area contributed by atoms with Crippen molar-refractivity contribution < 1.29 is 0 Å². The second kappa shape index (κ2) is 6.72. The summed E-state index contributed by atoms with van der Waals surface area (Å²) in [6.07, 6.45) is 4.67. The predicted molar refractivity (Wildman–Crippen MR) is 113 cm³/mol. The third-order valence-corrected chi connectivity index (χ3v) is 10.6. The van der Waals surface area contributed by atoms with E-state index in [2.05, 4.69) is 99.5 Å². The van der Waals surface area contributed by atoms with Crippen LogP contribution in [0.3, 0.4) is 0 Å². The predicted octanol–water partition coefficient (Wildman–Crippen LogP) is 6.20. The van der Waals surface area contributed by atoms with E-state index in [4.69, 9.17) is 0 Å². The average molecular weight is 351 g/mol. The Hall–Kier alpha value is -2.00. The van der Waals surface area contributed by atoms with Gasteiger partial charge in [-0.1, -0.05) is 50.2 Å². The van der Waals surface area contributed by atoms with E-state index in [1.807, 2.05) is 0 Å². The molecule has 0 N–H and O–H groups in total. The Labute approximate surface area is 154 Å². The molecule has 0 spiro atoms. The molecule has 3 heteroatoms. The number of rotatable bonds is 4. The van der Waals surface area contributed by atoms with Gasteiger partial charge in [-0.2, -0.15) is 0 Å². The lowest BCUT2D eigenvalue weighted by Gasteiger charge is -2.44. The summed E-state index contributed by atoms with van der Waals surface area (Å²) < 4.78 is 5.28. The SMILES string of the molecule is CC[Si]1(CC)N(c2c(C)cccc2C)C=CN1c1c(C)cccc1C. The Morgan fingerprint density at radius 2 is 0.960 bits per heavy atom. The lowest BCUT2D eigenvalue weighted by molar-refractivity contribution is 1.11. The van der Waals surface area contributed by atoms with Gasteiger partial charge < -0.3 is 9.13 Å². The number of benzene rings is 2. The minimum atomic E-state index is -1.89. The van der Waals surface area contributed by atoms with Crippen molar-refractivity contribution in [3.05, 3.63) is 71.1 Å². The maximum absolute atomic E-state index is 2.64. The van der Waals surface area contributed by atoms with Crippen LogP contribution in [0.15, 0.2) is 48.8 Å². The molecule has 2 aromatic rings. The van der Waals surface area contributed by atoms with Crippen LogP contribution in [-0.4, -0.2) is 8.40 Å². The molecule has 0 atom stereocenters. The molecule has 0 saturated heterocycles. The van der Waals surface area contributed by atoms with Crippen molar-refractivity contribution in [2.75, 3.05) is 9.13 Å². The Balaban J connectivity index is 2.18. The van der Waals surface area contributed by atoms with Crippen LogP contribution in [0.5, 0.6) is 0 Å². The minimum absolute atomic E-state index is 1.19. The van der Waals surface area contributed by atoms with Gasteiger partial charge in [-0.05, 0) is 62.0 Å². The Morgan fingerprint density at radius 1 is 0.640 bits per heavy atom. The van der Waals surface area contributed by atoms with Gasteiger partial charge in [0.05, 0.1) is 0 Å². The molecule has 0 aliphatic carbocycles. The molecule has 0 bridgehead atoms. The van der Waals surface area contributed by atoms with Crippen molar-refractivity contribution in [2.45, 2.75) is 53.6 Å². The first-order chi connectivity index (χ1) is 12.0. The van der Waals surface area contributed by atoms with Crippen molar-refractivity contribution in [3.8, 4) is 0 Å². The molecule has 0 radical (unpaired) electrons. The van der Waals surface area contributed by atoms with E-state index >= 15 is 0 Å². The van der Waals surface area contributed by atoms with Crippen LogP contribution in [-0.2, 0) is 0 Å². The minimum Gasteiger partial charge on any atom is -0.355 e. The molecule has 1 heterocycles. The maximum Gasteiger partial charge on any atom is 0.272 e. The zero-order valence-electron chi connectivity index (χ0n) is 16.4. The third kappa shape index (κ3) is 2.71. The smallest absolute Gasteiger partial charge is 0.272 e. The maximum atomic E-state index is 2.64. The fourth-order valence-electron chi connectivity index (χ4n) is 4.39. The Kier molecular flexibility index (Phi) is 4.78. The van der Waals surface area contributed by atoms with E-state index in [1.54, 1.807) is 0 Å². The molecule has 1 aliphatic heterocycles. The van der Waals surface area contributed by atoms with E-state index < -0.39 is 8.40 Å². The van der Waals surface area contributed by atoms with Crippen LogP contribution >= 0.6 is 0 Å². The van der Waals surface area contributed by atoms with Crippen LogP contribution in [0.2, 0.25) is 12.1 Å². The zero-order valence-corrected chi connectivity index (χ0v) is 17.4. The molecular formula is C22H30N2Si. The summed E-state index contributed by atoms with van der Waals surface area (Å²) in [5.41, 5.74) is 8.28. The number of aryl methyl sites for hydroxylation is 4. The first-order valence-corrected chi connectivity index (χ1v) is 11.7. The van der Waals surface area contributed by atoms with Crippen molar-refractivity contribution in [1.82, 2.24) is 0 Å². The quantitative estimate of drug-likeness (QED) is 0.606. The van der Waals surface area contributed by atoms with Gasteiger partial charge in [-0.3, -0.25) is 0 Å². The standard InChI is InChI=1S/C22H30N2Si/c1-7-25(8-2)23(21-17(3)11-9-12-18(21)4)15-16-24(25)22-19(5)13-10-14-20(22)6/h9-16H,7-8H2,1-6H3. The molecule has 2 aromatic carbocycles. The molecule has 0 amide bonds. The molecular weight excluding hydrogens is 320 g/mol. The lowest BCUT2D eigenvalue weighted by atomic mass is 10.1. The molecule has 1 aliphatic rings. The summed E-state index contributed by atoms with van der Waals surface area (Å²) in [4.78, 5) is 0. The Bertz CT molecular complexity index is 702. The molecule has 0 unspecified atom stereocenters. The normalized spacial score (nSPS) is 15.9. The largest absolute Gasteiger partial charge is 0.355 e. The number of hydrogen-bond donors (Lipinski definition) is 0. The summed E-state index contributed by atoms with van der Waals surface area (Å²) >= 11 is 0. The molecule has 25 heavy (non-hydrogen) atoms. The van der Waals surface area contributed by atoms with E-state index in [0.717, 1.165) is 0 Å².